The van der Waals surface area contributed by atoms with Crippen LogP contribution in [0.25, 0.3) is 11.3 Å². The summed E-state index contributed by atoms with van der Waals surface area (Å²) in [5, 5.41) is 3.92. The molecule has 3 N–H and O–H groups in total. The van der Waals surface area contributed by atoms with Crippen LogP contribution in [0.15, 0.2) is 30.6 Å². The van der Waals surface area contributed by atoms with E-state index in [-0.39, 0.29) is 11.9 Å². The number of ether oxygens (including phenoxy) is 1. The highest BCUT2D eigenvalue weighted by molar-refractivity contribution is 7.80. The third-order valence-corrected chi connectivity index (χ3v) is 8.14. The maximum Gasteiger partial charge on any atom is 0.254 e. The predicted molar refractivity (Wildman–Crippen MR) is 162 cm³/mol. The fourth-order valence-corrected chi connectivity index (χ4v) is 5.60. The molecule has 13 heteroatoms. The second kappa shape index (κ2) is 11.5. The molecule has 12 nitrogen and oxygen atoms in total. The first-order chi connectivity index (χ1) is 19.9. The summed E-state index contributed by atoms with van der Waals surface area (Å²) in [6, 6.07) is 5.75. The summed E-state index contributed by atoms with van der Waals surface area (Å²) in [7, 11) is 2.08. The van der Waals surface area contributed by atoms with Crippen molar-refractivity contribution in [2.45, 2.75) is 13.3 Å². The second-order valence-corrected chi connectivity index (χ2v) is 10.9. The fourth-order valence-electron chi connectivity index (χ4n) is 5.31. The Hall–Kier alpha value is -3.94. The van der Waals surface area contributed by atoms with E-state index in [1.165, 1.54) is 0 Å². The molecule has 2 fully saturated rings. The average Bonchev–Trinajstić information content (AvgIpc) is 3.43. The van der Waals surface area contributed by atoms with Gasteiger partial charge in [-0.1, -0.05) is 6.07 Å². The molecule has 0 spiro atoms. The van der Waals surface area contributed by atoms with Gasteiger partial charge in [-0.2, -0.15) is 4.98 Å². The number of likely N-dealkylation sites (N-methyl/N-ethyl adjacent to an activating group) is 1. The van der Waals surface area contributed by atoms with Crippen molar-refractivity contribution in [2.75, 3.05) is 86.9 Å². The van der Waals surface area contributed by atoms with Gasteiger partial charge in [0.1, 0.15) is 5.82 Å². The van der Waals surface area contributed by atoms with E-state index in [1.54, 1.807) is 12.4 Å². The van der Waals surface area contributed by atoms with Crippen LogP contribution in [0.1, 0.15) is 21.5 Å². The number of nitrogens with two attached hydrogens (primary N) is 1. The van der Waals surface area contributed by atoms with Crippen LogP contribution in [0.5, 0.6) is 0 Å². The Morgan fingerprint density at radius 2 is 1.76 bits per heavy atom. The number of fused-ring (bicyclic) bond motifs is 1. The average molecular weight is 575 g/mol. The zero-order valence-corrected chi connectivity index (χ0v) is 24.2. The van der Waals surface area contributed by atoms with Crippen molar-refractivity contribution in [1.82, 2.24) is 29.7 Å². The lowest BCUT2D eigenvalue weighted by molar-refractivity contribution is 0.0664. The van der Waals surface area contributed by atoms with Gasteiger partial charge in [0.05, 0.1) is 18.9 Å². The van der Waals surface area contributed by atoms with E-state index in [2.05, 4.69) is 32.1 Å². The number of hydrogen-bond donors (Lipinski definition) is 2. The van der Waals surface area contributed by atoms with Gasteiger partial charge < -0.3 is 35.4 Å². The van der Waals surface area contributed by atoms with Crippen LogP contribution in [0, 0.1) is 6.92 Å². The molecule has 0 atom stereocenters. The summed E-state index contributed by atoms with van der Waals surface area (Å²) in [5.74, 6) is 1.62. The largest absolute Gasteiger partial charge is 0.378 e. The number of aromatic nitrogens is 4. The molecule has 0 saturated carbocycles. The first kappa shape index (κ1) is 27.2. The number of amides is 1. The van der Waals surface area contributed by atoms with Gasteiger partial charge in [0, 0.05) is 80.6 Å². The first-order valence-corrected chi connectivity index (χ1v) is 14.3. The highest BCUT2D eigenvalue weighted by Gasteiger charge is 2.31. The van der Waals surface area contributed by atoms with Gasteiger partial charge in [-0.15, -0.1) is 0 Å². The number of anilines is 4. The summed E-state index contributed by atoms with van der Waals surface area (Å²) in [6.45, 7) is 8.48. The number of carbonyl (C=O) groups excluding carboxylic acids is 1. The minimum atomic E-state index is 0.0387. The Kier molecular flexibility index (Phi) is 7.65. The highest BCUT2D eigenvalue weighted by Crippen LogP contribution is 2.36. The summed E-state index contributed by atoms with van der Waals surface area (Å²) >= 11 is 5.93. The van der Waals surface area contributed by atoms with Crippen LogP contribution in [0.3, 0.4) is 0 Å². The molecule has 0 radical (unpaired) electrons. The van der Waals surface area contributed by atoms with Crippen molar-refractivity contribution >= 4 is 46.6 Å². The Morgan fingerprint density at radius 3 is 2.49 bits per heavy atom. The molecule has 3 aliphatic heterocycles. The van der Waals surface area contributed by atoms with Crippen LogP contribution in [0.2, 0.25) is 0 Å². The van der Waals surface area contributed by atoms with Gasteiger partial charge in [-0.3, -0.25) is 4.79 Å². The minimum Gasteiger partial charge on any atom is -0.378 e. The molecule has 3 aromatic rings. The van der Waals surface area contributed by atoms with Crippen LogP contribution < -0.4 is 20.9 Å². The summed E-state index contributed by atoms with van der Waals surface area (Å²) in [5.41, 5.74) is 10.7. The highest BCUT2D eigenvalue weighted by atomic mass is 32.1. The number of carbonyl (C=O) groups is 1. The zero-order valence-electron chi connectivity index (χ0n) is 23.3. The third-order valence-electron chi connectivity index (χ3n) is 7.82. The van der Waals surface area contributed by atoms with Crippen LogP contribution in [-0.2, 0) is 11.2 Å². The van der Waals surface area contributed by atoms with Gasteiger partial charge in [-0.05, 0) is 50.3 Å². The smallest absolute Gasteiger partial charge is 0.254 e. The Balaban J connectivity index is 1.28. The Bertz CT molecular complexity index is 1450. The fraction of sp³-hybridized carbons (Fsp3) is 0.429. The standard InChI is InChI=1S/C28H34N10O2S/c1-18-3-4-19(25(39)36-9-7-35(2)8-10-36)15-22(18)32-28(41)38-6-5-21-23(20-16-30-26(29)31-17-20)33-27(34-24(21)38)37-11-13-40-14-12-37/h3-4,15-17H,5-14H2,1-2H3,(H,32,41)(H2,29,30,31). The van der Waals surface area contributed by atoms with Crippen molar-refractivity contribution in [1.29, 1.82) is 0 Å². The second-order valence-electron chi connectivity index (χ2n) is 10.6. The molecular weight excluding hydrogens is 540 g/mol. The van der Waals surface area contributed by atoms with Crippen LogP contribution in [-0.4, -0.2) is 107 Å². The zero-order chi connectivity index (χ0) is 28.5. The number of nitrogen functional groups attached to an aromatic ring is 1. The van der Waals surface area contributed by atoms with Crippen molar-refractivity contribution in [2.24, 2.45) is 0 Å². The van der Waals surface area contributed by atoms with Crippen molar-refractivity contribution in [3.05, 3.63) is 47.3 Å². The number of nitrogens with zero attached hydrogens (tertiary/aromatic N) is 8. The molecule has 1 aromatic carbocycles. The van der Waals surface area contributed by atoms with Crippen molar-refractivity contribution < 1.29 is 9.53 Å². The van der Waals surface area contributed by atoms with E-state index in [0.717, 1.165) is 60.1 Å². The molecule has 214 valence electrons. The van der Waals surface area contributed by atoms with Crippen molar-refractivity contribution in [3.8, 4) is 11.3 Å². The number of rotatable bonds is 4. The number of piperazine rings is 1. The summed E-state index contributed by atoms with van der Waals surface area (Å²) < 4.78 is 5.55. The number of thiocarbonyl (C=S) groups is 1. The van der Waals surface area contributed by atoms with Gasteiger partial charge >= 0.3 is 0 Å². The molecular formula is C28H34N10O2S. The molecule has 0 unspecified atom stereocenters. The van der Waals surface area contributed by atoms with Gasteiger partial charge in [0.2, 0.25) is 11.9 Å². The van der Waals surface area contributed by atoms with E-state index in [1.807, 2.05) is 34.9 Å². The van der Waals surface area contributed by atoms with Gasteiger partial charge in [-0.25, -0.2) is 15.0 Å². The van der Waals surface area contributed by atoms with Crippen LogP contribution in [0.4, 0.5) is 23.4 Å². The maximum absolute atomic E-state index is 13.2. The SMILES string of the molecule is Cc1ccc(C(=O)N2CCN(C)CC2)cc1NC(=S)N1CCc2c(-c3cnc(N)nc3)nc(N3CCOCC3)nc21. The molecule has 5 heterocycles. The third kappa shape index (κ3) is 5.65. The number of aryl methyl sites for hydroxylation is 1. The molecule has 6 rings (SSSR count). The lowest BCUT2D eigenvalue weighted by Gasteiger charge is -2.32. The lowest BCUT2D eigenvalue weighted by Crippen LogP contribution is -2.47. The molecule has 2 aromatic heterocycles. The van der Waals surface area contributed by atoms with E-state index in [0.29, 0.717) is 55.9 Å². The molecule has 1 amide bonds. The normalized spacial score (nSPS) is 17.5. The van der Waals surface area contributed by atoms with E-state index < -0.39 is 0 Å². The van der Waals surface area contributed by atoms with E-state index in [9.17, 15) is 4.79 Å². The monoisotopic (exact) mass is 574 g/mol. The molecule has 0 aliphatic carbocycles. The Labute approximate surface area is 244 Å². The molecule has 41 heavy (non-hydrogen) atoms. The molecule has 2 saturated heterocycles. The molecule has 0 bridgehead atoms. The first-order valence-electron chi connectivity index (χ1n) is 13.9. The Morgan fingerprint density at radius 1 is 1.02 bits per heavy atom. The quantitative estimate of drug-likeness (QED) is 0.441. The van der Waals surface area contributed by atoms with E-state index >= 15 is 0 Å². The predicted octanol–water partition coefficient (Wildman–Crippen LogP) is 1.81. The molecule has 3 aliphatic rings. The number of nitrogens with one attached hydrogen (secondary N) is 1. The lowest BCUT2D eigenvalue weighted by atomic mass is 10.1. The van der Waals surface area contributed by atoms with Crippen LogP contribution >= 0.6 is 12.2 Å². The summed E-state index contributed by atoms with van der Waals surface area (Å²) in [4.78, 5) is 39.8. The summed E-state index contributed by atoms with van der Waals surface area (Å²) in [6.07, 6.45) is 4.10. The maximum atomic E-state index is 13.2. The van der Waals surface area contributed by atoms with Gasteiger partial charge in [0.15, 0.2) is 5.11 Å². The van der Waals surface area contributed by atoms with Crippen molar-refractivity contribution in [3.63, 3.8) is 0 Å². The minimum absolute atomic E-state index is 0.0387. The van der Waals surface area contributed by atoms with Gasteiger partial charge in [0.25, 0.3) is 5.91 Å². The number of benzene rings is 1. The number of morpholine rings is 1. The number of hydrogen-bond acceptors (Lipinski definition) is 10. The topological polar surface area (TPSA) is 129 Å². The van der Waals surface area contributed by atoms with E-state index in [4.69, 9.17) is 32.7 Å².